The van der Waals surface area contributed by atoms with E-state index >= 15 is 0 Å². The van der Waals surface area contributed by atoms with Gasteiger partial charge >= 0.3 is 0 Å². The molecule has 0 heterocycles. The van der Waals surface area contributed by atoms with Gasteiger partial charge in [0.05, 0.1) is 12.6 Å². The molecule has 0 unspecified atom stereocenters. The highest BCUT2D eigenvalue weighted by molar-refractivity contribution is 5.82. The maximum Gasteiger partial charge on any atom is 0.239 e. The number of carbonyl (C=O) groups excluding carboxylic acids is 1. The summed E-state index contributed by atoms with van der Waals surface area (Å²) in [6.07, 6.45) is -0.789. The molecular formula is C15H23FN2O2. The average molecular weight is 282 g/mol. The largest absolute Gasteiger partial charge is 0.389 e. The van der Waals surface area contributed by atoms with E-state index in [-0.39, 0.29) is 18.5 Å². The van der Waals surface area contributed by atoms with Crippen molar-refractivity contribution in [1.29, 1.82) is 0 Å². The quantitative estimate of drug-likeness (QED) is 0.841. The van der Waals surface area contributed by atoms with Crippen molar-refractivity contribution >= 4 is 11.6 Å². The van der Waals surface area contributed by atoms with Crippen LogP contribution in [0.15, 0.2) is 18.2 Å². The van der Waals surface area contributed by atoms with Gasteiger partial charge in [0.1, 0.15) is 5.82 Å². The molecule has 0 aromatic heterocycles. The number of hydrogen-bond acceptors (Lipinski definition) is 3. The lowest BCUT2D eigenvalue weighted by molar-refractivity contribution is -0.120. The lowest BCUT2D eigenvalue weighted by atomic mass is 10.1. The Hall–Kier alpha value is -1.62. The van der Waals surface area contributed by atoms with Crippen LogP contribution < -0.4 is 10.2 Å². The minimum Gasteiger partial charge on any atom is -0.389 e. The molecule has 1 amide bonds. The van der Waals surface area contributed by atoms with Crippen molar-refractivity contribution in [3.05, 3.63) is 29.6 Å². The molecule has 0 spiro atoms. The number of nitrogens with one attached hydrogen (secondary N) is 1. The second-order valence-electron chi connectivity index (χ2n) is 5.12. The zero-order valence-electron chi connectivity index (χ0n) is 12.5. The summed E-state index contributed by atoms with van der Waals surface area (Å²) in [4.78, 5) is 13.7. The highest BCUT2D eigenvalue weighted by atomic mass is 19.1. The summed E-state index contributed by atoms with van der Waals surface area (Å²) < 4.78 is 13.3. The van der Waals surface area contributed by atoms with Gasteiger partial charge in [-0.05, 0) is 45.9 Å². The van der Waals surface area contributed by atoms with E-state index in [4.69, 9.17) is 0 Å². The number of anilines is 1. The van der Waals surface area contributed by atoms with Gasteiger partial charge in [0.2, 0.25) is 5.91 Å². The molecule has 2 N–H and O–H groups in total. The van der Waals surface area contributed by atoms with Crippen molar-refractivity contribution in [2.45, 2.75) is 39.8 Å². The normalized spacial score (nSPS) is 12.3. The van der Waals surface area contributed by atoms with Crippen LogP contribution in [0.2, 0.25) is 0 Å². The zero-order valence-corrected chi connectivity index (χ0v) is 12.5. The fourth-order valence-corrected chi connectivity index (χ4v) is 2.06. The molecule has 4 nitrogen and oxygen atoms in total. The van der Waals surface area contributed by atoms with Crippen molar-refractivity contribution in [3.8, 4) is 0 Å². The standard InChI is InChI=1S/C15H23FN2O2/c1-5-18(9-15(20)17-10(2)3)14-7-6-12(16)8-13(14)11(4)19/h6-8,10-11,19H,5,9H2,1-4H3,(H,17,20)/t11-/m1/s1. The monoisotopic (exact) mass is 282 g/mol. The number of carbonyl (C=O) groups is 1. The Kier molecular flexibility index (Phi) is 5.95. The zero-order chi connectivity index (χ0) is 15.3. The van der Waals surface area contributed by atoms with Gasteiger partial charge in [-0.2, -0.15) is 0 Å². The van der Waals surface area contributed by atoms with Crippen LogP contribution in [0.5, 0.6) is 0 Å². The third kappa shape index (κ3) is 4.49. The van der Waals surface area contributed by atoms with Gasteiger partial charge in [-0.3, -0.25) is 4.79 Å². The number of aliphatic hydroxyl groups excluding tert-OH is 1. The van der Waals surface area contributed by atoms with Crippen LogP contribution in [0.3, 0.4) is 0 Å². The second kappa shape index (κ2) is 7.24. The van der Waals surface area contributed by atoms with Crippen molar-refractivity contribution < 1.29 is 14.3 Å². The topological polar surface area (TPSA) is 52.6 Å². The van der Waals surface area contributed by atoms with Crippen molar-refractivity contribution in [2.75, 3.05) is 18.0 Å². The molecule has 1 atom stereocenters. The molecule has 1 aromatic rings. The highest BCUT2D eigenvalue weighted by Gasteiger charge is 2.17. The fourth-order valence-electron chi connectivity index (χ4n) is 2.06. The van der Waals surface area contributed by atoms with Gasteiger partial charge in [-0.25, -0.2) is 4.39 Å². The van der Waals surface area contributed by atoms with E-state index in [2.05, 4.69) is 5.32 Å². The minimum atomic E-state index is -0.789. The lowest BCUT2D eigenvalue weighted by Crippen LogP contribution is -2.40. The van der Waals surface area contributed by atoms with Crippen molar-refractivity contribution in [3.63, 3.8) is 0 Å². The summed E-state index contributed by atoms with van der Waals surface area (Å²) in [5.41, 5.74) is 1.17. The Morgan fingerprint density at radius 3 is 2.55 bits per heavy atom. The first-order valence-corrected chi connectivity index (χ1v) is 6.87. The number of nitrogens with zero attached hydrogens (tertiary/aromatic N) is 1. The second-order valence-corrected chi connectivity index (χ2v) is 5.12. The van der Waals surface area contributed by atoms with Crippen LogP contribution in [0.1, 0.15) is 39.4 Å². The number of rotatable bonds is 6. The molecule has 0 saturated heterocycles. The summed E-state index contributed by atoms with van der Waals surface area (Å²) in [7, 11) is 0. The smallest absolute Gasteiger partial charge is 0.239 e. The van der Waals surface area contributed by atoms with E-state index in [9.17, 15) is 14.3 Å². The van der Waals surface area contributed by atoms with Crippen LogP contribution >= 0.6 is 0 Å². The highest BCUT2D eigenvalue weighted by Crippen LogP contribution is 2.27. The van der Waals surface area contributed by atoms with E-state index < -0.39 is 11.9 Å². The number of halogens is 1. The Morgan fingerprint density at radius 2 is 2.05 bits per heavy atom. The predicted octanol–water partition coefficient (Wildman–Crippen LogP) is 2.23. The number of hydrogen-bond donors (Lipinski definition) is 2. The third-order valence-electron chi connectivity index (χ3n) is 2.95. The third-order valence-corrected chi connectivity index (χ3v) is 2.95. The summed E-state index contributed by atoms with van der Waals surface area (Å²) in [5, 5.41) is 12.6. The summed E-state index contributed by atoms with van der Waals surface area (Å²) in [6.45, 7) is 8.07. The number of benzene rings is 1. The molecule has 5 heteroatoms. The molecular weight excluding hydrogens is 259 g/mol. The SMILES string of the molecule is CCN(CC(=O)NC(C)C)c1ccc(F)cc1[C@@H](C)O. The van der Waals surface area contributed by atoms with Crippen LogP contribution in [0.4, 0.5) is 10.1 Å². The predicted molar refractivity (Wildman–Crippen MR) is 78.2 cm³/mol. The molecule has 0 bridgehead atoms. The van der Waals surface area contributed by atoms with Gasteiger partial charge in [0, 0.05) is 23.8 Å². The van der Waals surface area contributed by atoms with Crippen molar-refractivity contribution in [2.24, 2.45) is 0 Å². The molecule has 0 aliphatic rings. The molecule has 0 aliphatic heterocycles. The molecule has 20 heavy (non-hydrogen) atoms. The Labute approximate surface area is 119 Å². The van der Waals surface area contributed by atoms with E-state index in [0.717, 1.165) is 0 Å². The molecule has 0 aliphatic carbocycles. The number of aliphatic hydroxyl groups is 1. The van der Waals surface area contributed by atoms with Crippen molar-refractivity contribution in [1.82, 2.24) is 5.32 Å². The van der Waals surface area contributed by atoms with Gasteiger partial charge in [-0.1, -0.05) is 0 Å². The average Bonchev–Trinajstić information content (AvgIpc) is 2.35. The molecule has 1 aromatic carbocycles. The summed E-state index contributed by atoms with van der Waals surface area (Å²) in [5.74, 6) is -0.491. The lowest BCUT2D eigenvalue weighted by Gasteiger charge is -2.26. The number of amides is 1. The van der Waals surface area contributed by atoms with E-state index in [0.29, 0.717) is 17.8 Å². The first-order chi connectivity index (χ1) is 9.35. The number of likely N-dealkylation sites (N-methyl/N-ethyl adjacent to an activating group) is 1. The van der Waals surface area contributed by atoms with E-state index in [1.807, 2.05) is 25.7 Å². The van der Waals surface area contributed by atoms with Crippen LogP contribution in [-0.2, 0) is 4.79 Å². The Bertz CT molecular complexity index is 461. The first-order valence-electron chi connectivity index (χ1n) is 6.87. The summed E-state index contributed by atoms with van der Waals surface area (Å²) >= 11 is 0. The van der Waals surface area contributed by atoms with Crippen LogP contribution in [0.25, 0.3) is 0 Å². The minimum absolute atomic E-state index is 0.0747. The van der Waals surface area contributed by atoms with Gasteiger partial charge in [-0.15, -0.1) is 0 Å². The van der Waals surface area contributed by atoms with E-state index in [1.54, 1.807) is 13.0 Å². The van der Waals surface area contributed by atoms with Crippen LogP contribution in [0, 0.1) is 5.82 Å². The summed E-state index contributed by atoms with van der Waals surface area (Å²) in [6, 6.07) is 4.32. The molecule has 0 fully saturated rings. The molecule has 0 saturated carbocycles. The van der Waals surface area contributed by atoms with E-state index in [1.165, 1.54) is 12.1 Å². The molecule has 0 radical (unpaired) electrons. The molecule has 112 valence electrons. The first kappa shape index (κ1) is 16.4. The maximum atomic E-state index is 13.3. The fraction of sp³-hybridized carbons (Fsp3) is 0.533. The molecule has 1 rings (SSSR count). The van der Waals surface area contributed by atoms with Gasteiger partial charge in [0.25, 0.3) is 0 Å². The van der Waals surface area contributed by atoms with Gasteiger partial charge in [0.15, 0.2) is 0 Å². The maximum absolute atomic E-state index is 13.3. The Balaban J connectivity index is 2.97. The Morgan fingerprint density at radius 1 is 1.40 bits per heavy atom. The van der Waals surface area contributed by atoms with Gasteiger partial charge < -0.3 is 15.3 Å². The van der Waals surface area contributed by atoms with Crippen LogP contribution in [-0.4, -0.2) is 30.1 Å².